The van der Waals surface area contributed by atoms with Gasteiger partial charge in [-0.2, -0.15) is 0 Å². The first kappa shape index (κ1) is 17.7. The van der Waals surface area contributed by atoms with E-state index >= 15 is 0 Å². The lowest BCUT2D eigenvalue weighted by Gasteiger charge is -2.30. The smallest absolute Gasteiger partial charge is 0.163 e. The molecule has 0 unspecified atom stereocenters. The van der Waals surface area contributed by atoms with Gasteiger partial charge in [0, 0.05) is 37.8 Å². The first-order valence-electron chi connectivity index (χ1n) is 9.34. The molecule has 0 spiro atoms. The molecule has 134 valence electrons. The van der Waals surface area contributed by atoms with Crippen LogP contribution in [0.1, 0.15) is 26.7 Å². The predicted molar refractivity (Wildman–Crippen MR) is 103 cm³/mol. The molecule has 1 aliphatic rings. The van der Waals surface area contributed by atoms with E-state index in [9.17, 15) is 0 Å². The number of hydrogen-bond acceptors (Lipinski definition) is 5. The van der Waals surface area contributed by atoms with Crippen molar-refractivity contribution in [1.29, 1.82) is 0 Å². The summed E-state index contributed by atoms with van der Waals surface area (Å²) >= 11 is 0. The van der Waals surface area contributed by atoms with E-state index < -0.39 is 0 Å². The van der Waals surface area contributed by atoms with Gasteiger partial charge < -0.3 is 14.5 Å². The molecule has 2 aromatic rings. The molecule has 1 saturated heterocycles. The zero-order chi connectivity index (χ0) is 17.5. The molecule has 1 aromatic heterocycles. The van der Waals surface area contributed by atoms with Gasteiger partial charge in [-0.3, -0.25) is 0 Å². The molecule has 1 aliphatic heterocycles. The number of hydrogen-bond donors (Lipinski definition) is 0. The largest absolute Gasteiger partial charge is 0.378 e. The third-order valence-corrected chi connectivity index (χ3v) is 4.38. The lowest BCUT2D eigenvalue weighted by atomic mass is 10.2. The first-order chi connectivity index (χ1) is 12.3. The van der Waals surface area contributed by atoms with Gasteiger partial charge in [-0.15, -0.1) is 0 Å². The van der Waals surface area contributed by atoms with Gasteiger partial charge in [0.25, 0.3) is 0 Å². The van der Waals surface area contributed by atoms with E-state index in [1.807, 2.05) is 18.2 Å². The summed E-state index contributed by atoms with van der Waals surface area (Å²) in [5.41, 5.74) is 1.06. The van der Waals surface area contributed by atoms with Crippen LogP contribution in [0.15, 0.2) is 36.4 Å². The van der Waals surface area contributed by atoms with E-state index in [1.165, 1.54) is 0 Å². The van der Waals surface area contributed by atoms with Crippen LogP contribution in [0.2, 0.25) is 0 Å². The Morgan fingerprint density at radius 1 is 1.00 bits per heavy atom. The zero-order valence-electron chi connectivity index (χ0n) is 15.3. The molecule has 1 fully saturated rings. The van der Waals surface area contributed by atoms with Crippen molar-refractivity contribution in [2.75, 3.05) is 49.2 Å². The Bertz CT molecular complexity index is 650. The third-order valence-electron chi connectivity index (χ3n) is 4.38. The summed E-state index contributed by atoms with van der Waals surface area (Å²) in [7, 11) is 0. The second kappa shape index (κ2) is 8.81. The van der Waals surface area contributed by atoms with Gasteiger partial charge >= 0.3 is 0 Å². The van der Waals surface area contributed by atoms with E-state index in [1.54, 1.807) is 0 Å². The maximum Gasteiger partial charge on any atom is 0.163 e. The van der Waals surface area contributed by atoms with Gasteiger partial charge in [-0.25, -0.2) is 9.97 Å². The number of aromatic nitrogens is 2. The van der Waals surface area contributed by atoms with Crippen molar-refractivity contribution >= 4 is 11.6 Å². The normalized spacial score (nSPS) is 14.6. The molecule has 0 N–H and O–H groups in total. The van der Waals surface area contributed by atoms with Gasteiger partial charge in [0.05, 0.1) is 13.2 Å². The van der Waals surface area contributed by atoms with Crippen molar-refractivity contribution in [3.63, 3.8) is 0 Å². The maximum absolute atomic E-state index is 5.50. The number of nitrogens with zero attached hydrogens (tertiary/aromatic N) is 4. The van der Waals surface area contributed by atoms with Crippen LogP contribution in [-0.4, -0.2) is 49.4 Å². The number of ether oxygens (including phenoxy) is 1. The Morgan fingerprint density at radius 3 is 2.32 bits per heavy atom. The molecule has 2 heterocycles. The van der Waals surface area contributed by atoms with Crippen molar-refractivity contribution in [1.82, 2.24) is 9.97 Å². The Hall–Kier alpha value is -2.14. The summed E-state index contributed by atoms with van der Waals surface area (Å²) in [6.45, 7) is 9.73. The van der Waals surface area contributed by atoms with Gasteiger partial charge in [0.15, 0.2) is 5.82 Å². The lowest BCUT2D eigenvalue weighted by Crippen LogP contribution is -2.37. The molecule has 0 amide bonds. The Morgan fingerprint density at radius 2 is 1.68 bits per heavy atom. The molecular weight excluding hydrogens is 312 g/mol. The molecule has 25 heavy (non-hydrogen) atoms. The number of benzene rings is 1. The zero-order valence-corrected chi connectivity index (χ0v) is 15.3. The minimum absolute atomic E-state index is 0.758. The summed E-state index contributed by atoms with van der Waals surface area (Å²) in [5.74, 6) is 2.83. The summed E-state index contributed by atoms with van der Waals surface area (Å²) in [4.78, 5) is 14.4. The summed E-state index contributed by atoms with van der Waals surface area (Å²) < 4.78 is 5.50. The Labute approximate surface area is 150 Å². The molecule has 0 saturated carbocycles. The molecule has 0 bridgehead atoms. The third kappa shape index (κ3) is 4.48. The number of anilines is 2. The molecule has 1 aromatic carbocycles. The van der Waals surface area contributed by atoms with Gasteiger partial charge in [-0.1, -0.05) is 44.2 Å². The summed E-state index contributed by atoms with van der Waals surface area (Å²) in [6.07, 6.45) is 2.22. The fourth-order valence-electron chi connectivity index (χ4n) is 3.14. The second-order valence-corrected chi connectivity index (χ2v) is 6.36. The van der Waals surface area contributed by atoms with Crippen LogP contribution in [0.4, 0.5) is 11.6 Å². The SMILES string of the molecule is CCCN(CCC)c1cc(N2CCOCC2)nc(-c2ccccc2)n1. The molecule has 0 aliphatic carbocycles. The second-order valence-electron chi connectivity index (χ2n) is 6.36. The van der Waals surface area contributed by atoms with Crippen LogP contribution < -0.4 is 9.80 Å². The van der Waals surface area contributed by atoms with Crippen molar-refractivity contribution in [3.05, 3.63) is 36.4 Å². The fourth-order valence-corrected chi connectivity index (χ4v) is 3.14. The highest BCUT2D eigenvalue weighted by Gasteiger charge is 2.17. The Kier molecular flexibility index (Phi) is 6.23. The van der Waals surface area contributed by atoms with Crippen molar-refractivity contribution < 1.29 is 4.74 Å². The number of morpholine rings is 1. The highest BCUT2D eigenvalue weighted by Crippen LogP contribution is 2.25. The van der Waals surface area contributed by atoms with E-state index in [4.69, 9.17) is 14.7 Å². The van der Waals surface area contributed by atoms with Gasteiger partial charge in [0.1, 0.15) is 11.6 Å². The standard InChI is InChI=1S/C20H28N4O/c1-3-10-23(11-4-2)18-16-19(24-12-14-25-15-13-24)22-20(21-18)17-8-6-5-7-9-17/h5-9,16H,3-4,10-15H2,1-2H3. The van der Waals surface area contributed by atoms with Gasteiger partial charge in [0.2, 0.25) is 0 Å². The predicted octanol–water partition coefficient (Wildman–Crippen LogP) is 3.61. The molecular formula is C20H28N4O. The van der Waals surface area contributed by atoms with Gasteiger partial charge in [-0.05, 0) is 12.8 Å². The van der Waals surface area contributed by atoms with Crippen LogP contribution in [0.3, 0.4) is 0 Å². The van der Waals surface area contributed by atoms with E-state index in [0.717, 1.165) is 75.3 Å². The molecule has 3 rings (SSSR count). The number of rotatable bonds is 7. The first-order valence-corrected chi connectivity index (χ1v) is 9.34. The Balaban J connectivity index is 2.00. The fraction of sp³-hybridized carbons (Fsp3) is 0.500. The molecule has 0 atom stereocenters. The highest BCUT2D eigenvalue weighted by atomic mass is 16.5. The van der Waals surface area contributed by atoms with Crippen LogP contribution in [0.5, 0.6) is 0 Å². The lowest BCUT2D eigenvalue weighted by molar-refractivity contribution is 0.122. The average Bonchev–Trinajstić information content (AvgIpc) is 2.69. The van der Waals surface area contributed by atoms with Crippen LogP contribution >= 0.6 is 0 Å². The minimum Gasteiger partial charge on any atom is -0.378 e. The molecule has 5 heteroatoms. The van der Waals surface area contributed by atoms with E-state index in [2.05, 4.69) is 41.8 Å². The van der Waals surface area contributed by atoms with E-state index in [-0.39, 0.29) is 0 Å². The summed E-state index contributed by atoms with van der Waals surface area (Å²) in [6, 6.07) is 12.4. The van der Waals surface area contributed by atoms with Crippen LogP contribution in [-0.2, 0) is 4.74 Å². The van der Waals surface area contributed by atoms with Crippen molar-refractivity contribution in [2.24, 2.45) is 0 Å². The minimum atomic E-state index is 0.758. The van der Waals surface area contributed by atoms with Crippen LogP contribution in [0.25, 0.3) is 11.4 Å². The summed E-state index contributed by atoms with van der Waals surface area (Å²) in [5, 5.41) is 0. The highest BCUT2D eigenvalue weighted by molar-refractivity contribution is 5.62. The van der Waals surface area contributed by atoms with E-state index in [0.29, 0.717) is 0 Å². The van der Waals surface area contributed by atoms with Crippen LogP contribution in [0, 0.1) is 0 Å². The van der Waals surface area contributed by atoms with Crippen molar-refractivity contribution in [3.8, 4) is 11.4 Å². The monoisotopic (exact) mass is 340 g/mol. The molecule has 0 radical (unpaired) electrons. The molecule has 5 nitrogen and oxygen atoms in total. The average molecular weight is 340 g/mol. The maximum atomic E-state index is 5.50. The topological polar surface area (TPSA) is 41.5 Å². The quantitative estimate of drug-likeness (QED) is 0.770. The van der Waals surface area contributed by atoms with Crippen molar-refractivity contribution in [2.45, 2.75) is 26.7 Å².